The third kappa shape index (κ3) is 10.1. The van der Waals surface area contributed by atoms with Crippen molar-refractivity contribution in [3.63, 3.8) is 0 Å². The molecule has 15 heteroatoms. The van der Waals surface area contributed by atoms with Crippen LogP contribution < -0.4 is 21.3 Å². The molecule has 0 radical (unpaired) electrons. The fourth-order valence-corrected chi connectivity index (χ4v) is 8.24. The van der Waals surface area contributed by atoms with Crippen LogP contribution in [0.15, 0.2) is 12.7 Å². The number of piperidine rings is 2. The van der Waals surface area contributed by atoms with Gasteiger partial charge in [0.1, 0.15) is 12.1 Å². The first kappa shape index (κ1) is 41.1. The van der Waals surface area contributed by atoms with E-state index in [2.05, 4.69) is 27.8 Å². The number of hydrogen-bond donors (Lipinski definition) is 4. The van der Waals surface area contributed by atoms with Crippen LogP contribution in [0.3, 0.4) is 0 Å². The third-order valence-corrected chi connectivity index (χ3v) is 11.6. The minimum atomic E-state index is -4.64. The number of ketones is 1. The number of hydrogen-bond acceptors (Lipinski definition) is 6. The molecule has 2 heterocycles. The number of nitrogens with zero attached hydrogens (tertiary/aromatic N) is 2. The van der Waals surface area contributed by atoms with Gasteiger partial charge in [0.15, 0.2) is 0 Å². The number of likely N-dealkylation sites (tertiary alicyclic amines) is 2. The van der Waals surface area contributed by atoms with Gasteiger partial charge in [0, 0.05) is 39.0 Å². The van der Waals surface area contributed by atoms with Crippen molar-refractivity contribution in [3.05, 3.63) is 12.7 Å². The summed E-state index contributed by atoms with van der Waals surface area (Å²) in [7, 11) is 0. The first-order chi connectivity index (χ1) is 24.3. The van der Waals surface area contributed by atoms with Crippen LogP contribution in [-0.2, 0) is 24.0 Å². The minimum Gasteiger partial charge on any atom is -0.346 e. The van der Waals surface area contributed by atoms with Crippen molar-refractivity contribution >= 4 is 35.4 Å². The highest BCUT2D eigenvalue weighted by Gasteiger charge is 2.69. The quantitative estimate of drug-likeness (QED) is 0.157. The Hall–Kier alpha value is -3.65. The molecule has 12 nitrogen and oxygen atoms in total. The fourth-order valence-electron chi connectivity index (χ4n) is 8.24. The van der Waals surface area contributed by atoms with Crippen LogP contribution in [0.5, 0.6) is 0 Å². The summed E-state index contributed by atoms with van der Waals surface area (Å²) in [4.78, 5) is 83.6. The lowest BCUT2D eigenvalue weighted by molar-refractivity contribution is -0.147. The fraction of sp³-hybridized carbons (Fsp3) is 0.784. The zero-order valence-corrected chi connectivity index (χ0v) is 31.2. The Balaban J connectivity index is 1.56. The first-order valence-electron chi connectivity index (χ1n) is 18.7. The second-order valence-corrected chi connectivity index (χ2v) is 16.7. The van der Waals surface area contributed by atoms with Crippen molar-refractivity contribution in [2.24, 2.45) is 28.6 Å². The van der Waals surface area contributed by atoms with Gasteiger partial charge in [-0.2, -0.15) is 13.2 Å². The van der Waals surface area contributed by atoms with Gasteiger partial charge in [-0.25, -0.2) is 4.79 Å². The Kier molecular flexibility index (Phi) is 13.1. The Bertz CT molecular complexity index is 1370. The zero-order valence-electron chi connectivity index (χ0n) is 31.2. The molecule has 4 aliphatic rings. The summed E-state index contributed by atoms with van der Waals surface area (Å²) in [6, 6.07) is -4.86. The molecular formula is C37H57F3N6O6. The molecule has 0 aromatic carbocycles. The molecule has 1 unspecified atom stereocenters. The highest BCUT2D eigenvalue weighted by Crippen LogP contribution is 2.65. The van der Waals surface area contributed by atoms with E-state index in [1.54, 1.807) is 4.90 Å². The number of halogens is 3. The maximum Gasteiger partial charge on any atom is 0.389 e. The Morgan fingerprint density at radius 1 is 0.981 bits per heavy atom. The number of amides is 6. The molecule has 6 atom stereocenters. The first-order valence-corrected chi connectivity index (χ1v) is 18.7. The number of rotatable bonds is 14. The summed E-state index contributed by atoms with van der Waals surface area (Å²) in [5, 5.41) is 10.6. The minimum absolute atomic E-state index is 0.0394. The summed E-state index contributed by atoms with van der Waals surface area (Å²) in [5.74, 6) is -4.25. The molecule has 0 aromatic rings. The molecule has 0 aromatic heterocycles. The van der Waals surface area contributed by atoms with Gasteiger partial charge in [0.05, 0.1) is 12.1 Å². The molecular weight excluding hydrogens is 681 g/mol. The molecule has 2 aliphatic heterocycles. The third-order valence-electron chi connectivity index (χ3n) is 11.6. The van der Waals surface area contributed by atoms with Gasteiger partial charge in [-0.3, -0.25) is 24.0 Å². The summed E-state index contributed by atoms with van der Waals surface area (Å²) < 4.78 is 39.8. The second kappa shape index (κ2) is 16.6. The van der Waals surface area contributed by atoms with E-state index in [-0.39, 0.29) is 42.2 Å². The van der Waals surface area contributed by atoms with E-state index < -0.39 is 78.1 Å². The summed E-state index contributed by atoms with van der Waals surface area (Å²) in [6.45, 7) is 14.3. The van der Waals surface area contributed by atoms with E-state index in [1.165, 1.54) is 11.0 Å². The molecule has 0 bridgehead atoms. The maximum atomic E-state index is 14.6. The molecule has 2 saturated carbocycles. The summed E-state index contributed by atoms with van der Waals surface area (Å²) >= 11 is 0. The monoisotopic (exact) mass is 738 g/mol. The largest absolute Gasteiger partial charge is 0.389 e. The van der Waals surface area contributed by atoms with Crippen molar-refractivity contribution in [3.8, 4) is 0 Å². The maximum absolute atomic E-state index is 14.6. The van der Waals surface area contributed by atoms with Gasteiger partial charge >= 0.3 is 12.2 Å². The Morgan fingerprint density at radius 3 is 2.25 bits per heavy atom. The van der Waals surface area contributed by atoms with E-state index in [0.29, 0.717) is 32.4 Å². The average molecular weight is 739 g/mol. The van der Waals surface area contributed by atoms with E-state index in [4.69, 9.17) is 0 Å². The predicted molar refractivity (Wildman–Crippen MR) is 187 cm³/mol. The molecule has 2 saturated heterocycles. The van der Waals surface area contributed by atoms with Crippen molar-refractivity contribution < 1.29 is 41.9 Å². The number of nitrogens with one attached hydrogen (secondary N) is 4. The lowest BCUT2D eigenvalue weighted by Gasteiger charge is -2.39. The van der Waals surface area contributed by atoms with Gasteiger partial charge < -0.3 is 31.1 Å². The molecule has 292 valence electrons. The summed E-state index contributed by atoms with van der Waals surface area (Å²) in [6.07, 6.45) is 0.649. The smallest absolute Gasteiger partial charge is 0.346 e. The SMILES string of the molecule is C=CCNC(=O)C(=O)C(CCC(F)(F)F)NC(=O)[C@@H]1[C@@H]2[C@H](CN1C(=O)[C@@H](NC(=O)N[C@H](CN1CCCCC1=O)C(C)(C)C)C1CCCCC1)C2(C)C. The number of carbonyl (C=O) groups is 6. The van der Waals surface area contributed by atoms with Gasteiger partial charge in [0.2, 0.25) is 23.5 Å². The van der Waals surface area contributed by atoms with Crippen molar-refractivity contribution in [2.45, 2.75) is 129 Å². The lowest BCUT2D eigenvalue weighted by atomic mass is 9.83. The van der Waals surface area contributed by atoms with Crippen LogP contribution in [0.2, 0.25) is 0 Å². The molecule has 4 rings (SSSR count). The number of alkyl halides is 3. The predicted octanol–water partition coefficient (Wildman–Crippen LogP) is 3.84. The average Bonchev–Trinajstić information content (AvgIpc) is 3.37. The van der Waals surface area contributed by atoms with Crippen molar-refractivity contribution in [1.82, 2.24) is 31.1 Å². The van der Waals surface area contributed by atoms with E-state index in [9.17, 15) is 41.9 Å². The van der Waals surface area contributed by atoms with E-state index in [0.717, 1.165) is 32.1 Å². The Labute approximate surface area is 304 Å². The molecule has 6 amide bonds. The molecule has 52 heavy (non-hydrogen) atoms. The van der Waals surface area contributed by atoms with E-state index in [1.807, 2.05) is 34.6 Å². The number of urea groups is 1. The van der Waals surface area contributed by atoms with Gasteiger partial charge in [-0.05, 0) is 60.7 Å². The van der Waals surface area contributed by atoms with Gasteiger partial charge in [0.25, 0.3) is 5.91 Å². The number of fused-ring (bicyclic) bond motifs is 1. The van der Waals surface area contributed by atoms with E-state index >= 15 is 0 Å². The molecule has 2 aliphatic carbocycles. The van der Waals surface area contributed by atoms with Crippen molar-refractivity contribution in [2.75, 3.05) is 26.2 Å². The van der Waals surface area contributed by atoms with Crippen LogP contribution in [-0.4, -0.2) is 102 Å². The Morgan fingerprint density at radius 2 is 1.65 bits per heavy atom. The topological polar surface area (TPSA) is 157 Å². The van der Waals surface area contributed by atoms with Gasteiger partial charge in [-0.15, -0.1) is 6.58 Å². The number of Topliss-reactive ketones (excluding diaryl/α,β-unsaturated/α-hetero) is 1. The van der Waals surface area contributed by atoms with Crippen LogP contribution in [0.25, 0.3) is 0 Å². The van der Waals surface area contributed by atoms with Crippen LogP contribution in [0, 0.1) is 28.6 Å². The van der Waals surface area contributed by atoms with Crippen LogP contribution in [0.4, 0.5) is 18.0 Å². The lowest BCUT2D eigenvalue weighted by Crippen LogP contribution is -2.62. The van der Waals surface area contributed by atoms with Crippen LogP contribution >= 0.6 is 0 Å². The van der Waals surface area contributed by atoms with Gasteiger partial charge in [-0.1, -0.05) is 60.0 Å². The zero-order chi connectivity index (χ0) is 38.6. The standard InChI is InChI=1S/C37H57F3N6O6/c1-7-18-41-32(50)30(48)24(16-17-37(38,39)40)42-31(49)29-27-23(36(27,5)6)20-46(29)33(51)28(22-13-9-8-10-14-22)44-34(52)43-25(35(2,3)4)21-45-19-12-11-15-26(45)47/h7,22-25,27-29H,1,8-21H2,2-6H3,(H,41,50)(H,42,49)(H2,43,44,52)/t23-,24?,25+,27-,28-,29-/m0/s1. The van der Waals surface area contributed by atoms with Crippen LogP contribution in [0.1, 0.15) is 98.8 Å². The molecule has 4 N–H and O–H groups in total. The van der Waals surface area contributed by atoms with Crippen molar-refractivity contribution in [1.29, 1.82) is 0 Å². The highest BCUT2D eigenvalue weighted by molar-refractivity contribution is 6.38. The normalized spacial score (nSPS) is 24.9. The second-order valence-electron chi connectivity index (χ2n) is 16.7. The molecule has 0 spiro atoms. The molecule has 4 fully saturated rings. The summed E-state index contributed by atoms with van der Waals surface area (Å²) in [5.41, 5.74) is -0.782. The highest BCUT2D eigenvalue weighted by atomic mass is 19.4. The number of carbonyl (C=O) groups excluding carboxylic acids is 6.